The molecule has 11 heteroatoms. The van der Waals surface area contributed by atoms with Crippen molar-refractivity contribution in [3.8, 4) is 17.6 Å². The molecule has 184 valence electrons. The number of hydrogen-bond donors (Lipinski definition) is 1. The minimum atomic E-state index is -0.609. The Balaban J connectivity index is 1.82. The Morgan fingerprint density at radius 2 is 1.86 bits per heavy atom. The van der Waals surface area contributed by atoms with Gasteiger partial charge in [-0.15, -0.1) is 0 Å². The molecule has 0 aliphatic rings. The molecule has 0 fully saturated rings. The van der Waals surface area contributed by atoms with E-state index in [4.69, 9.17) is 32.7 Å². The highest BCUT2D eigenvalue weighted by Gasteiger charge is 2.15. The van der Waals surface area contributed by atoms with E-state index < -0.39 is 10.8 Å². The Labute approximate surface area is 230 Å². The minimum Gasteiger partial charge on any atom is -0.490 e. The van der Waals surface area contributed by atoms with Crippen LogP contribution in [-0.2, 0) is 11.4 Å². The summed E-state index contributed by atoms with van der Waals surface area (Å²) in [6.45, 7) is 2.35. The summed E-state index contributed by atoms with van der Waals surface area (Å²) in [5, 5.41) is 23.7. The zero-order chi connectivity index (χ0) is 26.2. The molecule has 3 rings (SSSR count). The number of halogens is 3. The Hall–Kier alpha value is -3.33. The Morgan fingerprint density at radius 3 is 2.47 bits per heavy atom. The third-order valence-corrected chi connectivity index (χ3v) is 6.26. The second-order valence-corrected chi connectivity index (χ2v) is 9.20. The van der Waals surface area contributed by atoms with E-state index in [1.165, 1.54) is 24.3 Å². The largest absolute Gasteiger partial charge is 0.490 e. The Bertz CT molecular complexity index is 1370. The molecular formula is C25H18Cl2IN3O5. The molecule has 0 heterocycles. The van der Waals surface area contributed by atoms with Crippen LogP contribution in [0, 0.1) is 25.0 Å². The van der Waals surface area contributed by atoms with E-state index in [1.54, 1.807) is 36.4 Å². The molecule has 1 N–H and O–H groups in total. The van der Waals surface area contributed by atoms with Gasteiger partial charge in [-0.25, -0.2) is 0 Å². The minimum absolute atomic E-state index is 0.00373. The van der Waals surface area contributed by atoms with Gasteiger partial charge in [-0.1, -0.05) is 23.2 Å². The third kappa shape index (κ3) is 7.10. The molecule has 0 bridgehead atoms. The average molecular weight is 638 g/mol. The number of hydrogen-bond acceptors (Lipinski definition) is 6. The highest BCUT2D eigenvalue weighted by atomic mass is 127. The number of anilines is 1. The summed E-state index contributed by atoms with van der Waals surface area (Å²) in [5.74, 6) is 0.300. The fourth-order valence-electron chi connectivity index (χ4n) is 3.03. The first-order chi connectivity index (χ1) is 17.2. The molecule has 3 aromatic carbocycles. The van der Waals surface area contributed by atoms with E-state index >= 15 is 0 Å². The van der Waals surface area contributed by atoms with Crippen LogP contribution in [0.15, 0.2) is 60.2 Å². The molecule has 0 unspecified atom stereocenters. The molecule has 1 amide bonds. The monoisotopic (exact) mass is 637 g/mol. The van der Waals surface area contributed by atoms with Crippen molar-refractivity contribution in [1.82, 2.24) is 0 Å². The van der Waals surface area contributed by atoms with E-state index in [0.29, 0.717) is 37.9 Å². The fourth-order valence-corrected chi connectivity index (χ4v) is 4.11. The van der Waals surface area contributed by atoms with Gasteiger partial charge >= 0.3 is 0 Å². The molecule has 0 aliphatic carbocycles. The lowest BCUT2D eigenvalue weighted by molar-refractivity contribution is -0.384. The van der Waals surface area contributed by atoms with E-state index in [-0.39, 0.29) is 22.9 Å². The van der Waals surface area contributed by atoms with Crippen molar-refractivity contribution < 1.29 is 19.2 Å². The maximum atomic E-state index is 12.7. The van der Waals surface area contributed by atoms with E-state index in [2.05, 4.69) is 27.9 Å². The van der Waals surface area contributed by atoms with Crippen molar-refractivity contribution in [3.05, 3.63) is 95.0 Å². The lowest BCUT2D eigenvalue weighted by atomic mass is 10.1. The molecule has 0 atom stereocenters. The van der Waals surface area contributed by atoms with Crippen LogP contribution >= 0.6 is 45.8 Å². The van der Waals surface area contributed by atoms with Gasteiger partial charge < -0.3 is 14.8 Å². The van der Waals surface area contributed by atoms with E-state index in [0.717, 1.165) is 5.56 Å². The maximum Gasteiger partial charge on any atom is 0.269 e. The first kappa shape index (κ1) is 27.3. The summed E-state index contributed by atoms with van der Waals surface area (Å²) in [5.41, 5.74) is 1.57. The molecule has 3 aromatic rings. The fraction of sp³-hybridized carbons (Fsp3) is 0.120. The molecule has 0 saturated heterocycles. The van der Waals surface area contributed by atoms with Crippen LogP contribution in [0.2, 0.25) is 10.0 Å². The van der Waals surface area contributed by atoms with E-state index in [9.17, 15) is 20.2 Å². The molecule has 8 nitrogen and oxygen atoms in total. The smallest absolute Gasteiger partial charge is 0.269 e. The van der Waals surface area contributed by atoms with Gasteiger partial charge in [-0.05, 0) is 89.2 Å². The van der Waals surface area contributed by atoms with Gasteiger partial charge in [0.25, 0.3) is 11.6 Å². The third-order valence-electron chi connectivity index (χ3n) is 4.72. The number of carbonyl (C=O) groups excluding carboxylic acids is 1. The number of ether oxygens (including phenoxy) is 2. The van der Waals surface area contributed by atoms with Crippen LogP contribution in [0.25, 0.3) is 6.08 Å². The zero-order valence-electron chi connectivity index (χ0n) is 18.8. The summed E-state index contributed by atoms with van der Waals surface area (Å²) in [4.78, 5) is 23.0. The lowest BCUT2D eigenvalue weighted by Gasteiger charge is -2.15. The number of nitro groups is 1. The first-order valence-corrected chi connectivity index (χ1v) is 12.3. The second kappa shape index (κ2) is 12.6. The van der Waals surface area contributed by atoms with Crippen LogP contribution in [0.4, 0.5) is 11.4 Å². The lowest BCUT2D eigenvalue weighted by Crippen LogP contribution is -2.13. The van der Waals surface area contributed by atoms with Gasteiger partial charge in [-0.3, -0.25) is 14.9 Å². The number of amides is 1. The molecule has 0 aliphatic heterocycles. The van der Waals surface area contributed by atoms with Crippen molar-refractivity contribution in [3.63, 3.8) is 0 Å². The second-order valence-electron chi connectivity index (χ2n) is 7.23. The number of benzene rings is 3. The molecule has 36 heavy (non-hydrogen) atoms. The number of non-ortho nitro benzene ring substituents is 1. The summed E-state index contributed by atoms with van der Waals surface area (Å²) >= 11 is 14.0. The molecule has 0 saturated carbocycles. The van der Waals surface area contributed by atoms with E-state index in [1.807, 2.05) is 13.0 Å². The number of rotatable bonds is 9. The standard InChI is InChI=1S/C25H18Cl2IN3O5/c1-2-35-23-11-16(9-17(13-29)25(32)30-18-5-8-20(26)21(27)12-18)10-22(28)24(23)36-14-15-3-6-19(7-4-15)31(33)34/h3-12H,2,14H2,1H3,(H,30,32)/b17-9+. The molecule has 0 aromatic heterocycles. The van der Waals surface area contributed by atoms with Gasteiger partial charge in [0.1, 0.15) is 18.2 Å². The van der Waals surface area contributed by atoms with Crippen LogP contribution in [0.1, 0.15) is 18.1 Å². The average Bonchev–Trinajstić information content (AvgIpc) is 2.84. The van der Waals surface area contributed by atoms with Crippen LogP contribution in [0.3, 0.4) is 0 Å². The van der Waals surface area contributed by atoms with Gasteiger partial charge in [0.2, 0.25) is 0 Å². The van der Waals surface area contributed by atoms with Gasteiger partial charge in [-0.2, -0.15) is 5.26 Å². The predicted octanol–water partition coefficient (Wildman–Crippen LogP) is 7.03. The topological polar surface area (TPSA) is 114 Å². The quantitative estimate of drug-likeness (QED) is 0.0886. The number of nitrogens with zero attached hydrogens (tertiary/aromatic N) is 2. The Kier molecular flexibility index (Phi) is 9.52. The highest BCUT2D eigenvalue weighted by molar-refractivity contribution is 14.1. The van der Waals surface area contributed by atoms with Crippen molar-refractivity contribution in [2.24, 2.45) is 0 Å². The number of nitriles is 1. The molecule has 0 spiro atoms. The van der Waals surface area contributed by atoms with Gasteiger partial charge in [0.15, 0.2) is 11.5 Å². The highest BCUT2D eigenvalue weighted by Crippen LogP contribution is 2.36. The first-order valence-electron chi connectivity index (χ1n) is 10.4. The summed E-state index contributed by atoms with van der Waals surface area (Å²) < 4.78 is 12.4. The van der Waals surface area contributed by atoms with Crippen LogP contribution in [-0.4, -0.2) is 17.4 Å². The normalized spacial score (nSPS) is 10.9. The van der Waals surface area contributed by atoms with Crippen LogP contribution < -0.4 is 14.8 Å². The van der Waals surface area contributed by atoms with Crippen molar-refractivity contribution in [2.75, 3.05) is 11.9 Å². The van der Waals surface area contributed by atoms with Gasteiger partial charge in [0, 0.05) is 17.8 Å². The molecule has 0 radical (unpaired) electrons. The van der Waals surface area contributed by atoms with Crippen molar-refractivity contribution >= 4 is 69.2 Å². The summed E-state index contributed by atoms with van der Waals surface area (Å²) in [7, 11) is 0. The van der Waals surface area contributed by atoms with Crippen LogP contribution in [0.5, 0.6) is 11.5 Å². The summed E-state index contributed by atoms with van der Waals surface area (Å²) in [6, 6.07) is 16.0. The number of nitro benzene ring substituents is 1. The number of carbonyl (C=O) groups is 1. The van der Waals surface area contributed by atoms with Gasteiger partial charge in [0.05, 0.1) is 25.1 Å². The molecular weight excluding hydrogens is 620 g/mol. The summed E-state index contributed by atoms with van der Waals surface area (Å²) in [6.07, 6.45) is 1.44. The van der Waals surface area contributed by atoms with Crippen molar-refractivity contribution in [2.45, 2.75) is 13.5 Å². The predicted molar refractivity (Wildman–Crippen MR) is 146 cm³/mol. The van der Waals surface area contributed by atoms with Crippen molar-refractivity contribution in [1.29, 1.82) is 5.26 Å². The SMILES string of the molecule is CCOc1cc(/C=C(\C#N)C(=O)Nc2ccc(Cl)c(Cl)c2)cc(I)c1OCc1ccc([N+](=O)[O-])cc1. The maximum absolute atomic E-state index is 12.7. The number of nitrogens with one attached hydrogen (secondary N) is 1. The Morgan fingerprint density at radius 1 is 1.14 bits per heavy atom. The zero-order valence-corrected chi connectivity index (χ0v) is 22.4.